The summed E-state index contributed by atoms with van der Waals surface area (Å²) in [5.41, 5.74) is 3.94. The molecule has 0 radical (unpaired) electrons. The Balaban J connectivity index is 1.55. The van der Waals surface area contributed by atoms with Crippen molar-refractivity contribution in [2.45, 2.75) is 19.1 Å². The first-order valence-electron chi connectivity index (χ1n) is 9.15. The van der Waals surface area contributed by atoms with Crippen LogP contribution in [0.15, 0.2) is 42.5 Å². The molecule has 1 unspecified atom stereocenters. The zero-order valence-electron chi connectivity index (χ0n) is 15.5. The second-order valence-electron chi connectivity index (χ2n) is 6.87. The number of H-pyrrole nitrogens is 1. The molecule has 1 amide bonds. The molecule has 3 heterocycles. The molecule has 0 aliphatic carbocycles. The molecule has 5 rings (SSSR count). The number of aromatic nitrogens is 5. The van der Waals surface area contributed by atoms with Crippen LogP contribution in [0.5, 0.6) is 0 Å². The van der Waals surface area contributed by atoms with Crippen molar-refractivity contribution in [1.29, 1.82) is 0 Å². The van der Waals surface area contributed by atoms with Crippen LogP contribution < -0.4 is 5.32 Å². The van der Waals surface area contributed by atoms with Gasteiger partial charge in [0.15, 0.2) is 5.82 Å². The van der Waals surface area contributed by atoms with Crippen LogP contribution in [-0.2, 0) is 11.3 Å². The maximum atomic E-state index is 13.2. The Labute approximate surface area is 170 Å². The monoisotopic (exact) mass is 408 g/mol. The van der Waals surface area contributed by atoms with Gasteiger partial charge in [-0.3, -0.25) is 4.79 Å². The lowest BCUT2D eigenvalue weighted by atomic mass is 10.0. The fourth-order valence-corrected chi connectivity index (χ4v) is 4.13. The SMILES string of the molecule is COC1CCn2c(C(=O)Nc3ccc(Cl)cc3-c3nnn[nH]3)cc3cccc1c32. The summed E-state index contributed by atoms with van der Waals surface area (Å²) in [6.07, 6.45) is 0.854. The standard InChI is InChI=1S/C20H17ClN6O2/c1-29-17-7-8-27-16(9-11-3-2-4-13(17)18(11)27)20(28)22-15-6-5-12(21)10-14(15)19-23-25-26-24-19/h2-6,9-10,17H,7-8H2,1H3,(H,22,28)(H,23,24,25,26). The Morgan fingerprint density at radius 1 is 1.31 bits per heavy atom. The van der Waals surface area contributed by atoms with E-state index in [9.17, 15) is 4.79 Å². The van der Waals surface area contributed by atoms with E-state index in [4.69, 9.17) is 16.3 Å². The number of aryl methyl sites for hydroxylation is 1. The van der Waals surface area contributed by atoms with Gasteiger partial charge >= 0.3 is 0 Å². The molecular weight excluding hydrogens is 392 g/mol. The van der Waals surface area contributed by atoms with Gasteiger partial charge in [0.2, 0.25) is 0 Å². The van der Waals surface area contributed by atoms with E-state index in [-0.39, 0.29) is 12.0 Å². The number of carbonyl (C=O) groups excluding carboxylic acids is 1. The zero-order chi connectivity index (χ0) is 20.0. The van der Waals surface area contributed by atoms with Crippen molar-refractivity contribution in [3.05, 3.63) is 58.7 Å². The Hall–Kier alpha value is -3.23. The molecule has 8 nitrogen and oxygen atoms in total. The number of benzene rings is 2. The van der Waals surface area contributed by atoms with Crippen LogP contribution in [0.4, 0.5) is 5.69 Å². The summed E-state index contributed by atoms with van der Waals surface area (Å²) < 4.78 is 7.68. The third-order valence-electron chi connectivity index (χ3n) is 5.26. The topological polar surface area (TPSA) is 97.7 Å². The number of ether oxygens (including phenoxy) is 1. The van der Waals surface area contributed by atoms with Crippen LogP contribution in [0.3, 0.4) is 0 Å². The molecule has 0 bridgehead atoms. The number of amides is 1. The third-order valence-corrected chi connectivity index (χ3v) is 5.50. The van der Waals surface area contributed by atoms with E-state index in [1.54, 1.807) is 25.3 Å². The normalized spacial score (nSPS) is 15.6. The van der Waals surface area contributed by atoms with Crippen molar-refractivity contribution in [3.63, 3.8) is 0 Å². The van der Waals surface area contributed by atoms with Gasteiger partial charge in [-0.25, -0.2) is 5.10 Å². The number of rotatable bonds is 4. The van der Waals surface area contributed by atoms with Crippen LogP contribution in [0, 0.1) is 0 Å². The number of nitrogens with zero attached hydrogens (tertiary/aromatic N) is 4. The van der Waals surface area contributed by atoms with Gasteiger partial charge in [-0.15, -0.1) is 5.10 Å². The predicted molar refractivity (Wildman–Crippen MR) is 109 cm³/mol. The quantitative estimate of drug-likeness (QED) is 0.535. The number of nitrogens with one attached hydrogen (secondary N) is 2. The summed E-state index contributed by atoms with van der Waals surface area (Å²) in [6, 6.07) is 13.1. The average molecular weight is 409 g/mol. The summed E-state index contributed by atoms with van der Waals surface area (Å²) in [5, 5.41) is 18.4. The molecule has 9 heteroatoms. The van der Waals surface area contributed by atoms with Crippen LogP contribution in [0.2, 0.25) is 5.02 Å². The number of halogens is 1. The highest BCUT2D eigenvalue weighted by atomic mass is 35.5. The van der Waals surface area contributed by atoms with Crippen LogP contribution in [-0.4, -0.2) is 38.2 Å². The van der Waals surface area contributed by atoms with E-state index in [0.717, 1.165) is 22.9 Å². The first-order chi connectivity index (χ1) is 14.2. The highest BCUT2D eigenvalue weighted by molar-refractivity contribution is 6.31. The molecule has 0 saturated carbocycles. The smallest absolute Gasteiger partial charge is 0.272 e. The fraction of sp³-hybridized carbons (Fsp3) is 0.200. The lowest BCUT2D eigenvalue weighted by Crippen LogP contribution is -2.21. The Bertz CT molecular complexity index is 1220. The molecule has 1 atom stereocenters. The van der Waals surface area contributed by atoms with Crippen LogP contribution in [0.1, 0.15) is 28.6 Å². The van der Waals surface area contributed by atoms with Gasteiger partial charge in [0.1, 0.15) is 5.69 Å². The highest BCUT2D eigenvalue weighted by Gasteiger charge is 2.26. The maximum Gasteiger partial charge on any atom is 0.272 e. The van der Waals surface area contributed by atoms with E-state index in [1.807, 2.05) is 18.2 Å². The van der Waals surface area contributed by atoms with Gasteiger partial charge in [-0.1, -0.05) is 29.8 Å². The van der Waals surface area contributed by atoms with E-state index in [2.05, 4.69) is 36.6 Å². The predicted octanol–water partition coefficient (Wildman–Crippen LogP) is 3.82. The molecule has 2 aromatic heterocycles. The lowest BCUT2D eigenvalue weighted by Gasteiger charge is -2.25. The second-order valence-corrected chi connectivity index (χ2v) is 7.31. The number of anilines is 1. The number of hydrogen-bond donors (Lipinski definition) is 2. The van der Waals surface area contributed by atoms with Crippen molar-refractivity contribution in [1.82, 2.24) is 25.2 Å². The summed E-state index contributed by atoms with van der Waals surface area (Å²) in [7, 11) is 1.72. The van der Waals surface area contributed by atoms with E-state index in [1.165, 1.54) is 0 Å². The molecule has 4 aromatic rings. The second kappa shape index (κ2) is 6.98. The molecule has 2 aromatic carbocycles. The molecule has 146 valence electrons. The molecule has 0 spiro atoms. The van der Waals surface area contributed by atoms with Gasteiger partial charge in [0.25, 0.3) is 5.91 Å². The first kappa shape index (κ1) is 17.8. The van der Waals surface area contributed by atoms with E-state index in [0.29, 0.717) is 34.3 Å². The van der Waals surface area contributed by atoms with E-state index >= 15 is 0 Å². The third kappa shape index (κ3) is 2.97. The lowest BCUT2D eigenvalue weighted by molar-refractivity contribution is 0.0874. The van der Waals surface area contributed by atoms with Crippen molar-refractivity contribution < 1.29 is 9.53 Å². The number of hydrogen-bond acceptors (Lipinski definition) is 5. The molecular formula is C20H17ClN6O2. The number of tetrazole rings is 1. The van der Waals surface area contributed by atoms with Gasteiger partial charge < -0.3 is 14.6 Å². The molecule has 0 saturated heterocycles. The minimum atomic E-state index is -0.209. The van der Waals surface area contributed by atoms with Crippen molar-refractivity contribution >= 4 is 34.1 Å². The van der Waals surface area contributed by atoms with Gasteiger partial charge in [-0.2, -0.15) is 0 Å². The Morgan fingerprint density at radius 2 is 2.21 bits per heavy atom. The van der Waals surface area contributed by atoms with Gasteiger partial charge in [0.05, 0.1) is 17.3 Å². The van der Waals surface area contributed by atoms with Crippen molar-refractivity contribution in [3.8, 4) is 11.4 Å². The highest BCUT2D eigenvalue weighted by Crippen LogP contribution is 2.36. The molecule has 2 N–H and O–H groups in total. The summed E-state index contributed by atoms with van der Waals surface area (Å²) in [6.45, 7) is 0.710. The van der Waals surface area contributed by atoms with Gasteiger partial charge in [-0.05, 0) is 41.1 Å². The fourth-order valence-electron chi connectivity index (χ4n) is 3.96. The van der Waals surface area contributed by atoms with Crippen LogP contribution in [0.25, 0.3) is 22.3 Å². The van der Waals surface area contributed by atoms with Crippen molar-refractivity contribution in [2.24, 2.45) is 0 Å². The molecule has 1 aliphatic rings. The molecule has 29 heavy (non-hydrogen) atoms. The zero-order valence-corrected chi connectivity index (χ0v) is 16.3. The molecule has 1 aliphatic heterocycles. The summed E-state index contributed by atoms with van der Waals surface area (Å²) in [5.74, 6) is 0.216. The minimum Gasteiger partial charge on any atom is -0.377 e. The largest absolute Gasteiger partial charge is 0.377 e. The number of aromatic amines is 1. The van der Waals surface area contributed by atoms with Crippen molar-refractivity contribution in [2.75, 3.05) is 12.4 Å². The number of carbonyl (C=O) groups is 1. The van der Waals surface area contributed by atoms with Gasteiger partial charge in [0, 0.05) is 35.2 Å². The summed E-state index contributed by atoms with van der Waals surface area (Å²) >= 11 is 6.13. The maximum absolute atomic E-state index is 13.2. The summed E-state index contributed by atoms with van der Waals surface area (Å²) in [4.78, 5) is 13.2. The minimum absolute atomic E-state index is 0.0406. The number of para-hydroxylation sites is 1. The Morgan fingerprint density at radius 3 is 3.00 bits per heavy atom. The Kier molecular flexibility index (Phi) is 4.30. The number of methoxy groups -OCH3 is 1. The average Bonchev–Trinajstić information content (AvgIpc) is 3.39. The van der Waals surface area contributed by atoms with E-state index < -0.39 is 0 Å². The molecule has 0 fully saturated rings. The first-order valence-corrected chi connectivity index (χ1v) is 9.53. The van der Waals surface area contributed by atoms with Crippen LogP contribution >= 0.6 is 11.6 Å².